The van der Waals surface area contributed by atoms with Crippen LogP contribution >= 0.6 is 11.6 Å². The Bertz CT molecular complexity index is 1280. The summed E-state index contributed by atoms with van der Waals surface area (Å²) in [6.07, 6.45) is 2.02. The van der Waals surface area contributed by atoms with Crippen molar-refractivity contribution in [2.24, 2.45) is 5.92 Å². The molecule has 0 spiro atoms. The number of carbonyl (C=O) groups excluding carboxylic acids is 2. The number of benzene rings is 2. The first-order chi connectivity index (χ1) is 16.1. The van der Waals surface area contributed by atoms with E-state index in [9.17, 15) is 9.59 Å². The molecule has 1 aliphatic heterocycles. The van der Waals surface area contributed by atoms with Gasteiger partial charge < -0.3 is 19.2 Å². The zero-order valence-electron chi connectivity index (χ0n) is 17.4. The van der Waals surface area contributed by atoms with E-state index in [-0.39, 0.29) is 18.2 Å². The van der Waals surface area contributed by atoms with E-state index >= 15 is 0 Å². The molecule has 0 saturated carbocycles. The molecule has 1 saturated heterocycles. The number of nitrogens with zero attached hydrogens (tertiary/aromatic N) is 3. The Morgan fingerprint density at radius 3 is 2.73 bits per heavy atom. The fourth-order valence-corrected chi connectivity index (χ4v) is 3.91. The lowest BCUT2D eigenvalue weighted by Gasteiger charge is -2.17. The van der Waals surface area contributed by atoms with Gasteiger partial charge in [0.1, 0.15) is 0 Å². The van der Waals surface area contributed by atoms with Crippen molar-refractivity contribution in [3.63, 3.8) is 0 Å². The molecule has 3 heterocycles. The van der Waals surface area contributed by atoms with E-state index in [1.165, 1.54) is 6.26 Å². The number of nitrogens with one attached hydrogen (secondary N) is 1. The molecule has 2 amide bonds. The second-order valence-corrected chi connectivity index (χ2v) is 8.13. The second-order valence-electron chi connectivity index (χ2n) is 7.69. The van der Waals surface area contributed by atoms with Crippen LogP contribution in [-0.4, -0.2) is 28.5 Å². The number of furan rings is 1. The lowest BCUT2D eigenvalue weighted by atomic mass is 10.1. The van der Waals surface area contributed by atoms with Gasteiger partial charge in [0.15, 0.2) is 5.76 Å². The molecule has 2 aromatic heterocycles. The van der Waals surface area contributed by atoms with Crippen LogP contribution in [0.3, 0.4) is 0 Å². The van der Waals surface area contributed by atoms with Crippen molar-refractivity contribution < 1.29 is 18.5 Å². The Morgan fingerprint density at radius 1 is 1.12 bits per heavy atom. The van der Waals surface area contributed by atoms with E-state index in [1.807, 2.05) is 24.3 Å². The fraction of sp³-hybridized carbons (Fsp3) is 0.167. The summed E-state index contributed by atoms with van der Waals surface area (Å²) < 4.78 is 10.6. The Kier molecular flexibility index (Phi) is 5.66. The number of carbonyl (C=O) groups is 2. The van der Waals surface area contributed by atoms with Crippen LogP contribution in [0.15, 0.2) is 75.9 Å². The maximum Gasteiger partial charge on any atom is 0.238 e. The van der Waals surface area contributed by atoms with E-state index in [1.54, 1.807) is 41.3 Å². The number of hydrogen-bond acceptors (Lipinski definition) is 6. The van der Waals surface area contributed by atoms with Crippen molar-refractivity contribution in [3.8, 4) is 11.6 Å². The molecule has 5 rings (SSSR count). The van der Waals surface area contributed by atoms with Gasteiger partial charge in [-0.3, -0.25) is 9.59 Å². The van der Waals surface area contributed by atoms with Gasteiger partial charge in [-0.15, -0.1) is 0 Å². The predicted octanol–water partition coefficient (Wildman–Crippen LogP) is 4.57. The second kappa shape index (κ2) is 8.91. The molecule has 0 aliphatic carbocycles. The minimum absolute atomic E-state index is 0.0953. The van der Waals surface area contributed by atoms with Crippen LogP contribution in [0.25, 0.3) is 11.6 Å². The van der Waals surface area contributed by atoms with Gasteiger partial charge in [0.25, 0.3) is 0 Å². The summed E-state index contributed by atoms with van der Waals surface area (Å²) in [5.74, 6) is 0.505. The number of halogens is 1. The number of aromatic nitrogens is 2. The van der Waals surface area contributed by atoms with Crippen LogP contribution in [0.2, 0.25) is 5.02 Å². The lowest BCUT2D eigenvalue weighted by molar-refractivity contribution is -0.122. The van der Waals surface area contributed by atoms with Gasteiger partial charge in [0, 0.05) is 29.4 Å². The highest BCUT2D eigenvalue weighted by atomic mass is 35.5. The van der Waals surface area contributed by atoms with Crippen LogP contribution in [0.4, 0.5) is 11.4 Å². The zero-order valence-corrected chi connectivity index (χ0v) is 18.2. The Balaban J connectivity index is 1.28. The molecule has 0 radical (unpaired) electrons. The summed E-state index contributed by atoms with van der Waals surface area (Å²) in [6.45, 7) is 0.310. The fourth-order valence-electron chi connectivity index (χ4n) is 3.78. The first-order valence-corrected chi connectivity index (χ1v) is 10.8. The Labute approximate surface area is 194 Å². The highest BCUT2D eigenvalue weighted by molar-refractivity contribution is 6.30. The molecular formula is C24H19ClN4O4. The van der Waals surface area contributed by atoms with Crippen molar-refractivity contribution in [2.45, 2.75) is 12.8 Å². The average Bonchev–Trinajstić information content (AvgIpc) is 3.57. The molecule has 2 aromatic carbocycles. The SMILES string of the molecule is O=C(Nc1ccccc1Cc1nc(-c2ccco2)no1)C1CC(=O)N(c2ccc(Cl)cc2)C1. The lowest BCUT2D eigenvalue weighted by Crippen LogP contribution is -2.28. The summed E-state index contributed by atoms with van der Waals surface area (Å²) in [7, 11) is 0. The highest BCUT2D eigenvalue weighted by Crippen LogP contribution is 2.28. The molecule has 1 unspecified atom stereocenters. The van der Waals surface area contributed by atoms with Crippen molar-refractivity contribution in [3.05, 3.63) is 83.4 Å². The predicted molar refractivity (Wildman–Crippen MR) is 122 cm³/mol. The molecule has 0 bridgehead atoms. The summed E-state index contributed by atoms with van der Waals surface area (Å²) >= 11 is 5.94. The summed E-state index contributed by atoms with van der Waals surface area (Å²) in [4.78, 5) is 31.5. The topological polar surface area (TPSA) is 101 Å². The van der Waals surface area contributed by atoms with E-state index in [4.69, 9.17) is 20.5 Å². The molecule has 1 fully saturated rings. The van der Waals surface area contributed by atoms with Gasteiger partial charge in [0.2, 0.25) is 23.5 Å². The molecule has 8 nitrogen and oxygen atoms in total. The number of hydrogen-bond donors (Lipinski definition) is 1. The first-order valence-electron chi connectivity index (χ1n) is 10.4. The summed E-state index contributed by atoms with van der Waals surface area (Å²) in [5, 5.41) is 7.49. The van der Waals surface area contributed by atoms with Crippen molar-refractivity contribution in [1.82, 2.24) is 10.1 Å². The van der Waals surface area contributed by atoms with E-state index in [2.05, 4.69) is 15.5 Å². The maximum absolute atomic E-state index is 13.0. The van der Waals surface area contributed by atoms with Crippen LogP contribution in [0.5, 0.6) is 0 Å². The molecule has 33 heavy (non-hydrogen) atoms. The van der Waals surface area contributed by atoms with Crippen molar-refractivity contribution in [2.75, 3.05) is 16.8 Å². The largest absolute Gasteiger partial charge is 0.461 e. The molecule has 166 valence electrons. The summed E-state index contributed by atoms with van der Waals surface area (Å²) in [6, 6.07) is 17.9. The third-order valence-corrected chi connectivity index (χ3v) is 5.71. The quantitative estimate of drug-likeness (QED) is 0.450. The molecule has 1 N–H and O–H groups in total. The third-order valence-electron chi connectivity index (χ3n) is 5.46. The van der Waals surface area contributed by atoms with E-state index < -0.39 is 5.92 Å². The van der Waals surface area contributed by atoms with E-state index in [0.29, 0.717) is 41.2 Å². The van der Waals surface area contributed by atoms with Crippen molar-refractivity contribution >= 4 is 34.8 Å². The number of para-hydroxylation sites is 1. The maximum atomic E-state index is 13.0. The van der Waals surface area contributed by atoms with Crippen LogP contribution in [0, 0.1) is 5.92 Å². The number of anilines is 2. The Hall–Kier alpha value is -3.91. The zero-order chi connectivity index (χ0) is 22.8. The summed E-state index contributed by atoms with van der Waals surface area (Å²) in [5.41, 5.74) is 2.18. The standard InChI is InChI=1S/C24H19ClN4O4/c25-17-7-9-18(10-8-17)29-14-16(13-22(29)30)24(31)26-19-5-2-1-4-15(19)12-21-27-23(28-33-21)20-6-3-11-32-20/h1-11,16H,12-14H2,(H,26,31). The number of amides is 2. The van der Waals surface area contributed by atoms with E-state index in [0.717, 1.165) is 11.3 Å². The monoisotopic (exact) mass is 462 g/mol. The minimum atomic E-state index is -0.463. The Morgan fingerprint density at radius 2 is 1.94 bits per heavy atom. The molecular weight excluding hydrogens is 444 g/mol. The molecule has 9 heteroatoms. The van der Waals surface area contributed by atoms with Crippen molar-refractivity contribution in [1.29, 1.82) is 0 Å². The molecule has 1 aliphatic rings. The van der Waals surface area contributed by atoms with Crippen LogP contribution in [-0.2, 0) is 16.0 Å². The third kappa shape index (κ3) is 4.51. The minimum Gasteiger partial charge on any atom is -0.461 e. The van der Waals surface area contributed by atoms with Crippen LogP contribution in [0.1, 0.15) is 17.9 Å². The van der Waals surface area contributed by atoms with Gasteiger partial charge in [0.05, 0.1) is 18.6 Å². The smallest absolute Gasteiger partial charge is 0.238 e. The van der Waals surface area contributed by atoms with Crippen LogP contribution < -0.4 is 10.2 Å². The van der Waals surface area contributed by atoms with Gasteiger partial charge in [-0.25, -0.2) is 0 Å². The highest BCUT2D eigenvalue weighted by Gasteiger charge is 2.35. The first kappa shape index (κ1) is 21.0. The number of rotatable bonds is 6. The molecule has 4 aromatic rings. The molecule has 1 atom stereocenters. The van der Waals surface area contributed by atoms with Gasteiger partial charge >= 0.3 is 0 Å². The van der Waals surface area contributed by atoms with Gasteiger partial charge in [-0.05, 0) is 48.0 Å². The van der Waals surface area contributed by atoms with Gasteiger partial charge in [-0.1, -0.05) is 35.0 Å². The van der Waals surface area contributed by atoms with Gasteiger partial charge in [-0.2, -0.15) is 4.98 Å². The normalized spacial score (nSPS) is 15.7. The average molecular weight is 463 g/mol.